The number of nitrogens with one attached hydrogen (secondary N) is 2. The van der Waals surface area contributed by atoms with Gasteiger partial charge in [0.2, 0.25) is 0 Å². The topological polar surface area (TPSA) is 137 Å². The minimum Gasteiger partial charge on any atom is -0.465 e. The Kier molecular flexibility index (Phi) is 11.6. The monoisotopic (exact) mass is 524 g/mol. The molecular weight excluding hydrogens is 484 g/mol. The molecule has 36 heavy (non-hydrogen) atoms. The van der Waals surface area contributed by atoms with Gasteiger partial charge in [-0.2, -0.15) is 0 Å². The van der Waals surface area contributed by atoms with Gasteiger partial charge >= 0.3 is 12.1 Å². The molecule has 2 aliphatic rings. The van der Waals surface area contributed by atoms with Crippen LogP contribution < -0.4 is 16.4 Å². The van der Waals surface area contributed by atoms with E-state index in [1.54, 1.807) is 11.0 Å². The highest BCUT2D eigenvalue weighted by Crippen LogP contribution is 2.34. The molecule has 3 rings (SSSR count). The van der Waals surface area contributed by atoms with Crippen LogP contribution in [0.25, 0.3) is 0 Å². The third-order valence-corrected chi connectivity index (χ3v) is 7.59. The van der Waals surface area contributed by atoms with Gasteiger partial charge in [0.05, 0.1) is 24.9 Å². The first-order valence-corrected chi connectivity index (χ1v) is 13.5. The van der Waals surface area contributed by atoms with Crippen molar-refractivity contribution in [3.63, 3.8) is 0 Å². The van der Waals surface area contributed by atoms with Crippen molar-refractivity contribution in [2.24, 2.45) is 17.6 Å². The summed E-state index contributed by atoms with van der Waals surface area (Å²) in [6.45, 7) is 1.60. The average Bonchev–Trinajstić information content (AvgIpc) is 2.88. The van der Waals surface area contributed by atoms with E-state index in [1.165, 1.54) is 19.3 Å². The number of rotatable bonds is 11. The zero-order chi connectivity index (χ0) is 25.9. The average molecular weight is 525 g/mol. The molecule has 1 aromatic carbocycles. The molecule has 0 bridgehead atoms. The molecule has 10 heteroatoms. The molecular formula is C26H41ClN4O5. The van der Waals surface area contributed by atoms with Crippen molar-refractivity contribution in [2.45, 2.75) is 69.6 Å². The van der Waals surface area contributed by atoms with Gasteiger partial charge in [0.25, 0.3) is 0 Å². The number of urea groups is 1. The van der Waals surface area contributed by atoms with Crippen molar-refractivity contribution in [2.75, 3.05) is 32.8 Å². The number of halogens is 1. The third kappa shape index (κ3) is 8.80. The van der Waals surface area contributed by atoms with Gasteiger partial charge in [0, 0.05) is 37.1 Å². The van der Waals surface area contributed by atoms with Gasteiger partial charge in [-0.3, -0.25) is 0 Å². The number of nitrogens with two attached hydrogens (primary N) is 1. The fourth-order valence-corrected chi connectivity index (χ4v) is 5.68. The zero-order valence-corrected chi connectivity index (χ0v) is 21.7. The molecule has 1 heterocycles. The predicted octanol–water partition coefficient (Wildman–Crippen LogP) is 3.75. The van der Waals surface area contributed by atoms with E-state index in [-0.39, 0.29) is 43.8 Å². The van der Waals surface area contributed by atoms with E-state index in [2.05, 4.69) is 10.6 Å². The van der Waals surface area contributed by atoms with Crippen LogP contribution in [-0.2, 0) is 4.74 Å². The second kappa shape index (κ2) is 14.6. The number of amides is 3. The van der Waals surface area contributed by atoms with Crippen LogP contribution in [0.2, 0.25) is 5.02 Å². The second-order valence-electron chi connectivity index (χ2n) is 10.0. The van der Waals surface area contributed by atoms with Gasteiger partial charge in [-0.1, -0.05) is 55.8 Å². The van der Waals surface area contributed by atoms with Crippen LogP contribution >= 0.6 is 11.6 Å². The van der Waals surface area contributed by atoms with Crippen LogP contribution in [-0.4, -0.2) is 72.2 Å². The summed E-state index contributed by atoms with van der Waals surface area (Å²) in [7, 11) is 0. The van der Waals surface area contributed by atoms with E-state index in [0.29, 0.717) is 24.0 Å². The van der Waals surface area contributed by atoms with Crippen LogP contribution in [0.1, 0.15) is 63.0 Å². The third-order valence-electron chi connectivity index (χ3n) is 7.35. The lowest BCUT2D eigenvalue weighted by Crippen LogP contribution is -2.54. The maximum absolute atomic E-state index is 13.3. The van der Waals surface area contributed by atoms with E-state index in [4.69, 9.17) is 27.2 Å². The number of aliphatic hydroxyl groups is 1. The predicted molar refractivity (Wildman–Crippen MR) is 139 cm³/mol. The van der Waals surface area contributed by atoms with Crippen molar-refractivity contribution < 1.29 is 24.5 Å². The molecule has 1 saturated carbocycles. The molecule has 1 aromatic rings. The van der Waals surface area contributed by atoms with Gasteiger partial charge < -0.3 is 36.2 Å². The molecule has 3 amide bonds. The van der Waals surface area contributed by atoms with Crippen molar-refractivity contribution in [3.8, 4) is 0 Å². The summed E-state index contributed by atoms with van der Waals surface area (Å²) in [5.74, 6) is 0.517. The fraction of sp³-hybridized carbons (Fsp3) is 0.692. The fourth-order valence-electron chi connectivity index (χ4n) is 5.48. The Hall–Kier alpha value is -2.07. The van der Waals surface area contributed by atoms with E-state index >= 15 is 0 Å². The number of nitrogens with zero attached hydrogens (tertiary/aromatic N) is 1. The Morgan fingerprint density at radius 3 is 2.67 bits per heavy atom. The van der Waals surface area contributed by atoms with Gasteiger partial charge in [-0.25, -0.2) is 9.59 Å². The van der Waals surface area contributed by atoms with E-state index < -0.39 is 12.2 Å². The largest absolute Gasteiger partial charge is 0.465 e. The highest BCUT2D eigenvalue weighted by atomic mass is 35.5. The molecule has 1 aliphatic heterocycles. The summed E-state index contributed by atoms with van der Waals surface area (Å²) in [6, 6.07) is 6.90. The number of aliphatic hydroxyl groups excluding tert-OH is 1. The minimum atomic E-state index is -1.10. The molecule has 0 aromatic heterocycles. The number of piperidine rings is 1. The first kappa shape index (κ1) is 28.5. The van der Waals surface area contributed by atoms with Gasteiger partial charge in [-0.05, 0) is 42.9 Å². The molecule has 1 aliphatic carbocycles. The summed E-state index contributed by atoms with van der Waals surface area (Å²) < 4.78 is 6.14. The molecule has 0 spiro atoms. The smallest absolute Gasteiger partial charge is 0.404 e. The lowest BCUT2D eigenvalue weighted by atomic mass is 9.83. The maximum atomic E-state index is 13.3. The second-order valence-corrected chi connectivity index (χ2v) is 10.5. The zero-order valence-electron chi connectivity index (χ0n) is 20.9. The molecule has 9 nitrogen and oxygen atoms in total. The van der Waals surface area contributed by atoms with Gasteiger partial charge in [0.1, 0.15) is 0 Å². The lowest BCUT2D eigenvalue weighted by molar-refractivity contribution is -0.00888. The molecule has 1 unspecified atom stereocenters. The van der Waals surface area contributed by atoms with Crippen LogP contribution in [0.15, 0.2) is 24.3 Å². The molecule has 0 radical (unpaired) electrons. The molecule has 1 saturated heterocycles. The van der Waals surface area contributed by atoms with Gasteiger partial charge in [-0.15, -0.1) is 0 Å². The van der Waals surface area contributed by atoms with Crippen LogP contribution in [0.4, 0.5) is 9.59 Å². The number of hydrogen-bond donors (Lipinski definition) is 5. The van der Waals surface area contributed by atoms with Gasteiger partial charge in [0.15, 0.2) is 0 Å². The summed E-state index contributed by atoms with van der Waals surface area (Å²) in [6.07, 6.45) is 6.13. The lowest BCUT2D eigenvalue weighted by Gasteiger charge is -2.38. The first-order valence-electron chi connectivity index (χ1n) is 13.1. The van der Waals surface area contributed by atoms with Crippen molar-refractivity contribution in [3.05, 3.63) is 34.9 Å². The molecule has 6 N–H and O–H groups in total. The Balaban J connectivity index is 1.65. The summed E-state index contributed by atoms with van der Waals surface area (Å²) >= 11 is 6.24. The van der Waals surface area contributed by atoms with Crippen molar-refractivity contribution in [1.29, 1.82) is 0 Å². The Morgan fingerprint density at radius 1 is 1.19 bits per heavy atom. The number of carbonyl (C=O) groups is 2. The SMILES string of the molecule is NC[C@H](O)[C@H](CC1CCCCC1)NC(=O)N1CCC[C@@H](C(OCCNC(=O)O)c2cccc(Cl)c2)C1. The normalized spacial score (nSPS) is 21.4. The summed E-state index contributed by atoms with van der Waals surface area (Å²) in [5, 5.41) is 25.4. The molecule has 4 atom stereocenters. The van der Waals surface area contributed by atoms with E-state index in [0.717, 1.165) is 37.7 Å². The van der Waals surface area contributed by atoms with Crippen LogP contribution in [0, 0.1) is 11.8 Å². The number of benzene rings is 1. The number of carbonyl (C=O) groups excluding carboxylic acids is 1. The number of hydrogen-bond acceptors (Lipinski definition) is 5. The summed E-state index contributed by atoms with van der Waals surface area (Å²) in [5.41, 5.74) is 6.66. The van der Waals surface area contributed by atoms with Crippen molar-refractivity contribution in [1.82, 2.24) is 15.5 Å². The molecule has 2 fully saturated rings. The highest BCUT2D eigenvalue weighted by molar-refractivity contribution is 6.30. The molecule has 202 valence electrons. The Labute approximate surface area is 218 Å². The van der Waals surface area contributed by atoms with Crippen LogP contribution in [0.3, 0.4) is 0 Å². The highest BCUT2D eigenvalue weighted by Gasteiger charge is 2.33. The number of ether oxygens (including phenoxy) is 1. The van der Waals surface area contributed by atoms with E-state index in [1.807, 2.05) is 18.2 Å². The summed E-state index contributed by atoms with van der Waals surface area (Å²) in [4.78, 5) is 25.9. The van der Waals surface area contributed by atoms with Crippen molar-refractivity contribution >= 4 is 23.7 Å². The minimum absolute atomic E-state index is 0.0176. The maximum Gasteiger partial charge on any atom is 0.404 e. The number of likely N-dealkylation sites (tertiary alicyclic amines) is 1. The quantitative estimate of drug-likeness (QED) is 0.280. The Bertz CT molecular complexity index is 838. The number of carboxylic acid groups (broad SMARTS) is 1. The Morgan fingerprint density at radius 2 is 1.97 bits per heavy atom. The first-order chi connectivity index (χ1) is 17.4. The van der Waals surface area contributed by atoms with Crippen LogP contribution in [0.5, 0.6) is 0 Å². The standard InChI is InChI=1S/C26H41ClN4O5/c27-21-10-4-8-19(15-21)24(36-13-11-29-26(34)35)20-9-5-12-31(17-20)25(33)30-22(23(32)16-28)14-18-6-2-1-3-7-18/h4,8,10,15,18,20,22-24,29,32H,1-3,5-7,9,11-14,16-17,28H2,(H,30,33)(H,34,35)/t20-,22+,23+,24?/m1/s1. The van der Waals surface area contributed by atoms with E-state index in [9.17, 15) is 14.7 Å².